The molecule has 0 saturated heterocycles. The van der Waals surface area contributed by atoms with E-state index in [1.165, 1.54) is 0 Å². The average molecular weight is 200 g/mol. The van der Waals surface area contributed by atoms with Crippen LogP contribution >= 0.6 is 0 Å². The van der Waals surface area contributed by atoms with Crippen molar-refractivity contribution in [2.45, 2.75) is 20.8 Å². The summed E-state index contributed by atoms with van der Waals surface area (Å²) in [7, 11) is 0. The highest BCUT2D eigenvalue weighted by Gasteiger charge is 2.14. The summed E-state index contributed by atoms with van der Waals surface area (Å²) in [6.45, 7) is 5.59. The fraction of sp³-hybridized carbons (Fsp3) is 0.333. The van der Waals surface area contributed by atoms with Crippen LogP contribution in [0.3, 0.4) is 0 Å². The van der Waals surface area contributed by atoms with Crippen LogP contribution in [0.2, 0.25) is 0 Å². The van der Waals surface area contributed by atoms with Gasteiger partial charge in [-0.15, -0.1) is 0 Å². The maximum atomic E-state index is 12.8. The maximum absolute atomic E-state index is 12.8. The molecule has 0 atom stereocenters. The summed E-state index contributed by atoms with van der Waals surface area (Å²) in [5, 5.41) is 10.2. The van der Waals surface area contributed by atoms with Gasteiger partial charge < -0.3 is 5.73 Å². The van der Waals surface area contributed by atoms with Crippen LogP contribution in [0.1, 0.15) is 19.4 Å². The zero-order valence-corrected chi connectivity index (χ0v) is 8.37. The van der Waals surface area contributed by atoms with Gasteiger partial charge in [0.25, 0.3) is 0 Å². The molecule has 0 aliphatic heterocycles. The largest absolute Gasteiger partial charge is 0.398 e. The molecule has 0 fully saturated rings. The highest BCUT2D eigenvalue weighted by Crippen LogP contribution is 2.22. The van der Waals surface area contributed by atoms with Crippen molar-refractivity contribution in [3.8, 4) is 0 Å². The second-order valence-corrected chi connectivity index (χ2v) is 2.42. The highest BCUT2D eigenvalue weighted by molar-refractivity contribution is 5.53. The van der Waals surface area contributed by atoms with Gasteiger partial charge in [0.15, 0.2) is 0 Å². The molecule has 14 heavy (non-hydrogen) atoms. The number of nitrogens with two attached hydrogens (primary N) is 1. The molecule has 2 N–H and O–H groups in total. The first-order chi connectivity index (χ1) is 6.52. The van der Waals surface area contributed by atoms with Crippen LogP contribution in [0, 0.1) is 22.9 Å². The van der Waals surface area contributed by atoms with E-state index in [0.29, 0.717) is 5.56 Å². The van der Waals surface area contributed by atoms with Crippen molar-refractivity contribution >= 4 is 11.4 Å². The van der Waals surface area contributed by atoms with E-state index in [9.17, 15) is 14.5 Å². The minimum absolute atomic E-state index is 0.225. The SMILES string of the molecule is CC.Cc1cc(F)c([N+](=O)[O-])cc1N. The summed E-state index contributed by atoms with van der Waals surface area (Å²) >= 11 is 0. The second kappa shape index (κ2) is 5.16. The Bertz CT molecular complexity index is 340. The number of benzene rings is 1. The van der Waals surface area contributed by atoms with Crippen LogP contribution < -0.4 is 5.73 Å². The van der Waals surface area contributed by atoms with Crippen LogP contribution in [-0.2, 0) is 0 Å². The van der Waals surface area contributed by atoms with Gasteiger partial charge in [-0.3, -0.25) is 10.1 Å². The molecule has 0 spiro atoms. The number of nitrogens with zero attached hydrogens (tertiary/aromatic N) is 1. The quantitative estimate of drug-likeness (QED) is 0.430. The van der Waals surface area contributed by atoms with Gasteiger partial charge in [0.05, 0.1) is 4.92 Å². The van der Waals surface area contributed by atoms with E-state index in [4.69, 9.17) is 5.73 Å². The predicted octanol–water partition coefficient (Wildman–Crippen LogP) is 2.65. The monoisotopic (exact) mass is 200 g/mol. The van der Waals surface area contributed by atoms with Gasteiger partial charge in [0.2, 0.25) is 5.82 Å². The minimum Gasteiger partial charge on any atom is -0.398 e. The molecule has 5 heteroatoms. The lowest BCUT2D eigenvalue weighted by molar-refractivity contribution is -0.387. The molecule has 78 valence electrons. The number of nitrogen functional groups attached to an aromatic ring is 1. The van der Waals surface area contributed by atoms with E-state index in [-0.39, 0.29) is 5.69 Å². The maximum Gasteiger partial charge on any atom is 0.306 e. The number of rotatable bonds is 1. The Morgan fingerprint density at radius 1 is 1.43 bits per heavy atom. The fourth-order valence-corrected chi connectivity index (χ4v) is 0.817. The summed E-state index contributed by atoms with van der Waals surface area (Å²) in [6.07, 6.45) is 0. The first-order valence-corrected chi connectivity index (χ1v) is 4.22. The Morgan fingerprint density at radius 3 is 2.36 bits per heavy atom. The smallest absolute Gasteiger partial charge is 0.306 e. The molecule has 0 aliphatic rings. The van der Waals surface area contributed by atoms with E-state index < -0.39 is 16.4 Å². The third-order valence-electron chi connectivity index (χ3n) is 1.53. The number of nitro groups is 1. The Morgan fingerprint density at radius 2 is 1.93 bits per heavy atom. The number of anilines is 1. The van der Waals surface area contributed by atoms with Crippen molar-refractivity contribution in [1.82, 2.24) is 0 Å². The first kappa shape index (κ1) is 12.3. The molecule has 0 aliphatic carbocycles. The molecule has 1 rings (SSSR count). The summed E-state index contributed by atoms with van der Waals surface area (Å²) in [5.41, 5.74) is 5.49. The molecule has 4 nitrogen and oxygen atoms in total. The summed E-state index contributed by atoms with van der Waals surface area (Å²) in [6, 6.07) is 2.07. The lowest BCUT2D eigenvalue weighted by Gasteiger charge is -1.99. The molecular formula is C9H13FN2O2. The molecule has 1 aromatic rings. The minimum atomic E-state index is -0.855. The Hall–Kier alpha value is -1.65. The van der Waals surface area contributed by atoms with Crippen molar-refractivity contribution in [1.29, 1.82) is 0 Å². The Kier molecular flexibility index (Phi) is 4.55. The predicted molar refractivity (Wildman–Crippen MR) is 53.6 cm³/mol. The molecule has 0 bridgehead atoms. The van der Waals surface area contributed by atoms with Gasteiger partial charge in [0.1, 0.15) is 0 Å². The summed E-state index contributed by atoms with van der Waals surface area (Å²) in [4.78, 5) is 9.39. The second-order valence-electron chi connectivity index (χ2n) is 2.42. The van der Waals surface area contributed by atoms with Crippen molar-refractivity contribution in [2.75, 3.05) is 5.73 Å². The molecule has 0 unspecified atom stereocenters. The number of halogens is 1. The van der Waals surface area contributed by atoms with E-state index in [1.54, 1.807) is 6.92 Å². The van der Waals surface area contributed by atoms with Crippen molar-refractivity contribution in [3.05, 3.63) is 33.6 Å². The molecular weight excluding hydrogens is 187 g/mol. The average Bonchev–Trinajstić information content (AvgIpc) is 2.14. The molecule has 1 aromatic carbocycles. The van der Waals surface area contributed by atoms with Crippen molar-refractivity contribution in [3.63, 3.8) is 0 Å². The molecule has 0 amide bonds. The van der Waals surface area contributed by atoms with Gasteiger partial charge in [-0.25, -0.2) is 0 Å². The lowest BCUT2D eigenvalue weighted by atomic mass is 10.2. The van der Waals surface area contributed by atoms with Crippen LogP contribution in [0.4, 0.5) is 15.8 Å². The zero-order chi connectivity index (χ0) is 11.3. The molecule has 0 aromatic heterocycles. The standard InChI is InChI=1S/C7H7FN2O2.C2H6/c1-4-2-5(8)7(10(11)12)3-6(4)9;1-2/h2-3H,9H2,1H3;1-2H3. The third kappa shape index (κ3) is 2.69. The zero-order valence-electron chi connectivity index (χ0n) is 8.37. The number of nitro benzene ring substituents is 1. The molecule has 0 heterocycles. The third-order valence-corrected chi connectivity index (χ3v) is 1.53. The van der Waals surface area contributed by atoms with Gasteiger partial charge in [-0.2, -0.15) is 4.39 Å². The van der Waals surface area contributed by atoms with E-state index in [0.717, 1.165) is 12.1 Å². The van der Waals surface area contributed by atoms with Crippen molar-refractivity contribution < 1.29 is 9.31 Å². The lowest BCUT2D eigenvalue weighted by Crippen LogP contribution is -1.97. The van der Waals surface area contributed by atoms with Crippen LogP contribution in [0.25, 0.3) is 0 Å². The fourth-order valence-electron chi connectivity index (χ4n) is 0.817. The number of hydrogen-bond donors (Lipinski definition) is 1. The van der Waals surface area contributed by atoms with Gasteiger partial charge in [-0.1, -0.05) is 13.8 Å². The van der Waals surface area contributed by atoms with E-state index >= 15 is 0 Å². The summed E-state index contributed by atoms with van der Waals surface area (Å²) in [5.74, 6) is -0.855. The van der Waals surface area contributed by atoms with Crippen molar-refractivity contribution in [2.24, 2.45) is 0 Å². The van der Waals surface area contributed by atoms with E-state index in [1.807, 2.05) is 13.8 Å². The van der Waals surface area contributed by atoms with Gasteiger partial charge in [0, 0.05) is 11.8 Å². The van der Waals surface area contributed by atoms with Crippen LogP contribution in [0.15, 0.2) is 12.1 Å². The first-order valence-electron chi connectivity index (χ1n) is 4.22. The highest BCUT2D eigenvalue weighted by atomic mass is 19.1. The van der Waals surface area contributed by atoms with Crippen LogP contribution in [0.5, 0.6) is 0 Å². The number of aryl methyl sites for hydroxylation is 1. The van der Waals surface area contributed by atoms with Gasteiger partial charge >= 0.3 is 5.69 Å². The summed E-state index contributed by atoms with van der Waals surface area (Å²) < 4.78 is 12.8. The molecule has 0 radical (unpaired) electrons. The van der Waals surface area contributed by atoms with E-state index in [2.05, 4.69) is 0 Å². The normalized spacial score (nSPS) is 8.86. The Balaban J connectivity index is 0.000000791. The number of hydrogen-bond acceptors (Lipinski definition) is 3. The topological polar surface area (TPSA) is 69.2 Å². The van der Waals surface area contributed by atoms with Gasteiger partial charge in [-0.05, 0) is 18.6 Å². The Labute approximate surface area is 81.7 Å². The molecule has 0 saturated carbocycles. The van der Waals surface area contributed by atoms with Crippen LogP contribution in [-0.4, -0.2) is 4.92 Å².